The minimum atomic E-state index is -0.223. The molecule has 0 atom stereocenters. The third kappa shape index (κ3) is 12.1. The summed E-state index contributed by atoms with van der Waals surface area (Å²) in [5.41, 5.74) is 0.761. The van der Waals surface area contributed by atoms with E-state index in [2.05, 4.69) is 11.8 Å². The Morgan fingerprint density at radius 3 is 2.21 bits per heavy atom. The molecular formula is C21H31FO2. The van der Waals surface area contributed by atoms with Crippen LogP contribution in [-0.2, 0) is 4.74 Å². The van der Waals surface area contributed by atoms with Crippen LogP contribution in [0.25, 0.3) is 0 Å². The maximum absolute atomic E-state index is 13.0. The summed E-state index contributed by atoms with van der Waals surface area (Å²) >= 11 is 0. The van der Waals surface area contributed by atoms with E-state index in [9.17, 15) is 4.39 Å². The second-order valence-electron chi connectivity index (χ2n) is 6.08. The van der Waals surface area contributed by atoms with Crippen LogP contribution < -0.4 is 0 Å². The van der Waals surface area contributed by atoms with Gasteiger partial charge in [-0.1, -0.05) is 62.9 Å². The molecular weight excluding hydrogens is 303 g/mol. The molecule has 24 heavy (non-hydrogen) atoms. The van der Waals surface area contributed by atoms with Crippen LogP contribution in [0.3, 0.4) is 0 Å². The van der Waals surface area contributed by atoms with Gasteiger partial charge in [-0.15, -0.1) is 0 Å². The van der Waals surface area contributed by atoms with Gasteiger partial charge in [-0.3, -0.25) is 0 Å². The van der Waals surface area contributed by atoms with Crippen molar-refractivity contribution in [2.75, 3.05) is 19.8 Å². The lowest BCUT2D eigenvalue weighted by Crippen LogP contribution is -2.00. The fraction of sp³-hybridized carbons (Fsp3) is 0.619. The van der Waals surface area contributed by atoms with E-state index in [0.717, 1.165) is 31.4 Å². The third-order valence-corrected chi connectivity index (χ3v) is 3.88. The van der Waals surface area contributed by atoms with E-state index in [1.165, 1.54) is 57.1 Å². The molecule has 0 aliphatic heterocycles. The van der Waals surface area contributed by atoms with Gasteiger partial charge in [0.2, 0.25) is 0 Å². The van der Waals surface area contributed by atoms with E-state index in [1.54, 1.807) is 6.07 Å². The van der Waals surface area contributed by atoms with E-state index < -0.39 is 0 Å². The second-order valence-corrected chi connectivity index (χ2v) is 6.08. The van der Waals surface area contributed by atoms with Crippen LogP contribution in [0.5, 0.6) is 0 Å². The smallest absolute Gasteiger partial charge is 0.124 e. The fourth-order valence-corrected chi connectivity index (χ4v) is 2.55. The number of ether oxygens (including phenoxy) is 1. The van der Waals surface area contributed by atoms with Crippen molar-refractivity contribution >= 4 is 0 Å². The zero-order chi connectivity index (χ0) is 17.3. The summed E-state index contributed by atoms with van der Waals surface area (Å²) in [4.78, 5) is 0. The molecule has 0 radical (unpaired) electrons. The lowest BCUT2D eigenvalue weighted by molar-refractivity contribution is 0.0895. The van der Waals surface area contributed by atoms with Crippen molar-refractivity contribution in [2.24, 2.45) is 0 Å². The van der Waals surface area contributed by atoms with Gasteiger partial charge in [-0.05, 0) is 31.0 Å². The molecule has 3 heteroatoms. The van der Waals surface area contributed by atoms with Crippen molar-refractivity contribution in [1.82, 2.24) is 0 Å². The topological polar surface area (TPSA) is 29.5 Å². The van der Waals surface area contributed by atoms with Gasteiger partial charge in [0.05, 0.1) is 13.2 Å². The first-order chi connectivity index (χ1) is 11.8. The molecule has 1 aromatic carbocycles. The molecule has 0 bridgehead atoms. The van der Waals surface area contributed by atoms with Crippen molar-refractivity contribution in [1.29, 1.82) is 0 Å². The molecule has 1 aromatic rings. The molecule has 0 unspecified atom stereocenters. The number of benzene rings is 1. The van der Waals surface area contributed by atoms with E-state index in [1.807, 2.05) is 6.07 Å². The predicted octanol–water partition coefficient (Wildman–Crippen LogP) is 5.09. The van der Waals surface area contributed by atoms with E-state index in [-0.39, 0.29) is 12.4 Å². The first-order valence-electron chi connectivity index (χ1n) is 9.26. The molecule has 1 N–H and O–H groups in total. The zero-order valence-corrected chi connectivity index (χ0v) is 14.7. The monoisotopic (exact) mass is 334 g/mol. The molecule has 0 saturated heterocycles. The number of halogens is 1. The Morgan fingerprint density at radius 2 is 1.54 bits per heavy atom. The molecule has 1 rings (SSSR count). The number of unbranched alkanes of at least 4 members (excludes halogenated alkanes) is 9. The third-order valence-electron chi connectivity index (χ3n) is 3.88. The highest BCUT2D eigenvalue weighted by molar-refractivity contribution is 5.34. The first kappa shape index (κ1) is 20.7. The van der Waals surface area contributed by atoms with E-state index >= 15 is 0 Å². The lowest BCUT2D eigenvalue weighted by atomic mass is 10.1. The van der Waals surface area contributed by atoms with Crippen LogP contribution in [0.2, 0.25) is 0 Å². The fourth-order valence-electron chi connectivity index (χ4n) is 2.55. The van der Waals surface area contributed by atoms with Gasteiger partial charge in [0, 0.05) is 18.6 Å². The highest BCUT2D eigenvalue weighted by Crippen LogP contribution is 2.10. The minimum Gasteiger partial charge on any atom is -0.394 e. The molecule has 0 amide bonds. The average Bonchev–Trinajstić information content (AvgIpc) is 2.58. The normalized spacial score (nSPS) is 10.4. The predicted molar refractivity (Wildman–Crippen MR) is 97.4 cm³/mol. The summed E-state index contributed by atoms with van der Waals surface area (Å²) in [5, 5.41) is 8.57. The minimum absolute atomic E-state index is 0.121. The Balaban J connectivity index is 1.84. The Morgan fingerprint density at radius 1 is 0.875 bits per heavy atom. The molecule has 0 spiro atoms. The Hall–Kier alpha value is -1.37. The molecule has 0 fully saturated rings. The van der Waals surface area contributed by atoms with Gasteiger partial charge in [-0.25, -0.2) is 4.39 Å². The SMILES string of the molecule is OCCOCCCCCCCCCCCC#Cc1cccc(F)c1. The summed E-state index contributed by atoms with van der Waals surface area (Å²) < 4.78 is 18.2. The summed E-state index contributed by atoms with van der Waals surface area (Å²) in [7, 11) is 0. The quantitative estimate of drug-likeness (QED) is 0.402. The number of aliphatic hydroxyl groups is 1. The Bertz CT molecular complexity index is 476. The van der Waals surface area contributed by atoms with E-state index in [0.29, 0.717) is 6.61 Å². The number of hydrogen-bond donors (Lipinski definition) is 1. The molecule has 0 saturated carbocycles. The molecule has 0 aliphatic rings. The standard InChI is InChI=1S/C21H31FO2/c22-21-15-12-14-20(19-21)13-10-8-6-4-2-1-3-5-7-9-11-17-24-18-16-23/h12,14-15,19,23H,1-9,11,16-18H2. The number of hydrogen-bond acceptors (Lipinski definition) is 2. The van der Waals surface area contributed by atoms with Gasteiger partial charge in [0.15, 0.2) is 0 Å². The largest absolute Gasteiger partial charge is 0.394 e. The van der Waals surface area contributed by atoms with Crippen LogP contribution in [-0.4, -0.2) is 24.9 Å². The maximum Gasteiger partial charge on any atom is 0.124 e. The van der Waals surface area contributed by atoms with Gasteiger partial charge in [-0.2, -0.15) is 0 Å². The highest BCUT2D eigenvalue weighted by Gasteiger charge is 1.93. The average molecular weight is 334 g/mol. The van der Waals surface area contributed by atoms with Crippen LogP contribution in [0, 0.1) is 17.7 Å². The molecule has 0 aromatic heterocycles. The van der Waals surface area contributed by atoms with Crippen molar-refractivity contribution in [2.45, 2.75) is 64.2 Å². The van der Waals surface area contributed by atoms with Crippen LogP contribution in [0.15, 0.2) is 24.3 Å². The lowest BCUT2D eigenvalue weighted by Gasteiger charge is -2.03. The highest BCUT2D eigenvalue weighted by atomic mass is 19.1. The second kappa shape index (κ2) is 15.2. The van der Waals surface area contributed by atoms with Crippen LogP contribution >= 0.6 is 0 Å². The number of rotatable bonds is 13. The Labute approximate surface area is 146 Å². The molecule has 0 aliphatic carbocycles. The molecule has 0 heterocycles. The summed E-state index contributed by atoms with van der Waals surface area (Å²) in [6, 6.07) is 6.46. The molecule has 134 valence electrons. The summed E-state index contributed by atoms with van der Waals surface area (Å²) in [6.07, 6.45) is 12.1. The van der Waals surface area contributed by atoms with Crippen LogP contribution in [0.1, 0.15) is 69.8 Å². The summed E-state index contributed by atoms with van der Waals surface area (Å²) in [5.74, 6) is 5.92. The van der Waals surface area contributed by atoms with Crippen LogP contribution in [0.4, 0.5) is 4.39 Å². The Kier molecular flexibility index (Phi) is 13.1. The van der Waals surface area contributed by atoms with Gasteiger partial charge >= 0.3 is 0 Å². The summed E-state index contributed by atoms with van der Waals surface area (Å²) in [6.45, 7) is 1.36. The van der Waals surface area contributed by atoms with Gasteiger partial charge < -0.3 is 9.84 Å². The van der Waals surface area contributed by atoms with Crippen molar-refractivity contribution in [3.63, 3.8) is 0 Å². The van der Waals surface area contributed by atoms with Crippen molar-refractivity contribution in [3.8, 4) is 11.8 Å². The maximum atomic E-state index is 13.0. The van der Waals surface area contributed by atoms with Gasteiger partial charge in [0.25, 0.3) is 0 Å². The van der Waals surface area contributed by atoms with Gasteiger partial charge in [0.1, 0.15) is 5.82 Å². The van der Waals surface area contributed by atoms with Crippen molar-refractivity contribution < 1.29 is 14.2 Å². The van der Waals surface area contributed by atoms with E-state index in [4.69, 9.17) is 9.84 Å². The first-order valence-corrected chi connectivity index (χ1v) is 9.26. The van der Waals surface area contributed by atoms with Crippen molar-refractivity contribution in [3.05, 3.63) is 35.6 Å². The zero-order valence-electron chi connectivity index (χ0n) is 14.7. The molecule has 2 nitrogen and oxygen atoms in total. The number of aliphatic hydroxyl groups excluding tert-OH is 1.